The summed E-state index contributed by atoms with van der Waals surface area (Å²) in [6, 6.07) is 0. The van der Waals surface area contributed by atoms with E-state index in [0.29, 0.717) is 13.2 Å². The van der Waals surface area contributed by atoms with Crippen LogP contribution >= 0.6 is 0 Å². The molecule has 0 heterocycles. The molecule has 0 amide bonds. The van der Waals surface area contributed by atoms with E-state index in [-0.39, 0.29) is 19.3 Å². The van der Waals surface area contributed by atoms with Crippen molar-refractivity contribution >= 4 is 0 Å². The topological polar surface area (TPSA) is 30.5 Å². The Morgan fingerprint density at radius 3 is 2.53 bits per heavy atom. The average molecular weight is 229 g/mol. The Labute approximate surface area is 87.9 Å². The zero-order chi connectivity index (χ0) is 11.7. The van der Waals surface area contributed by atoms with Crippen LogP contribution in [0.5, 0.6) is 0 Å². The predicted octanol–water partition coefficient (Wildman–Crippen LogP) is 1.58. The zero-order valence-electron chi connectivity index (χ0n) is 9.06. The second kappa shape index (κ2) is 7.90. The van der Waals surface area contributed by atoms with E-state index in [4.69, 9.17) is 9.47 Å². The monoisotopic (exact) mass is 229 g/mol. The molecule has 0 saturated heterocycles. The van der Waals surface area contributed by atoms with Gasteiger partial charge in [-0.1, -0.05) is 0 Å². The van der Waals surface area contributed by atoms with Crippen LogP contribution in [0.25, 0.3) is 0 Å². The molecule has 1 unspecified atom stereocenters. The minimum absolute atomic E-state index is 0.0855. The minimum Gasteiger partial charge on any atom is -0.379 e. The van der Waals surface area contributed by atoms with Crippen molar-refractivity contribution in [3.05, 3.63) is 0 Å². The Balaban J connectivity index is 3.23. The maximum Gasteiger partial charge on any atom is 0.401 e. The van der Waals surface area contributed by atoms with Crippen LogP contribution in [-0.4, -0.2) is 45.2 Å². The molecule has 0 rings (SSSR count). The lowest BCUT2D eigenvalue weighted by Crippen LogP contribution is -2.32. The molecule has 0 fully saturated rings. The van der Waals surface area contributed by atoms with Gasteiger partial charge in [0.1, 0.15) is 0 Å². The smallest absolute Gasteiger partial charge is 0.379 e. The van der Waals surface area contributed by atoms with Crippen molar-refractivity contribution in [2.75, 3.05) is 32.9 Å². The van der Waals surface area contributed by atoms with Gasteiger partial charge in [-0.2, -0.15) is 13.2 Å². The van der Waals surface area contributed by atoms with Crippen LogP contribution in [0.3, 0.4) is 0 Å². The lowest BCUT2D eigenvalue weighted by molar-refractivity contribution is -0.125. The van der Waals surface area contributed by atoms with Crippen molar-refractivity contribution < 1.29 is 22.6 Å². The van der Waals surface area contributed by atoms with E-state index in [0.717, 1.165) is 0 Å². The summed E-state index contributed by atoms with van der Waals surface area (Å²) < 4.78 is 45.3. The number of halogens is 3. The highest BCUT2D eigenvalue weighted by Crippen LogP contribution is 2.11. The standard InChI is InChI=1S/C9H18F3NO2/c1-3-14-6-8(2)15-5-4-13-7-9(10,11)12/h8,13H,3-7H2,1-2H3. The van der Waals surface area contributed by atoms with Gasteiger partial charge in [0.15, 0.2) is 0 Å². The van der Waals surface area contributed by atoms with E-state index in [1.165, 1.54) is 0 Å². The number of hydrogen-bond acceptors (Lipinski definition) is 3. The second-order valence-electron chi connectivity index (χ2n) is 3.13. The predicted molar refractivity (Wildman–Crippen MR) is 50.8 cm³/mol. The number of nitrogens with one attached hydrogen (secondary N) is 1. The molecular formula is C9H18F3NO2. The summed E-state index contributed by atoms with van der Waals surface area (Å²) in [6.07, 6.45) is -4.24. The molecule has 0 radical (unpaired) electrons. The van der Waals surface area contributed by atoms with Crippen LogP contribution in [0, 0.1) is 0 Å². The first-order valence-corrected chi connectivity index (χ1v) is 4.92. The Morgan fingerprint density at radius 2 is 2.00 bits per heavy atom. The van der Waals surface area contributed by atoms with Crippen molar-refractivity contribution in [3.63, 3.8) is 0 Å². The summed E-state index contributed by atoms with van der Waals surface area (Å²) in [4.78, 5) is 0. The van der Waals surface area contributed by atoms with Crippen LogP contribution in [0.2, 0.25) is 0 Å². The molecule has 92 valence electrons. The molecule has 1 atom stereocenters. The van der Waals surface area contributed by atoms with Gasteiger partial charge in [-0.3, -0.25) is 0 Å². The third-order valence-corrected chi connectivity index (χ3v) is 1.56. The van der Waals surface area contributed by atoms with Crippen LogP contribution in [0.15, 0.2) is 0 Å². The maximum absolute atomic E-state index is 11.7. The maximum atomic E-state index is 11.7. The molecule has 1 N–H and O–H groups in total. The lowest BCUT2D eigenvalue weighted by Gasteiger charge is -2.13. The first-order chi connectivity index (χ1) is 6.95. The molecule has 0 aromatic heterocycles. The summed E-state index contributed by atoms with van der Waals surface area (Å²) in [5.41, 5.74) is 0. The van der Waals surface area contributed by atoms with Gasteiger partial charge in [0.2, 0.25) is 0 Å². The van der Waals surface area contributed by atoms with Crippen LogP contribution < -0.4 is 5.32 Å². The van der Waals surface area contributed by atoms with E-state index >= 15 is 0 Å². The molecule has 6 heteroatoms. The third-order valence-electron chi connectivity index (χ3n) is 1.56. The lowest BCUT2D eigenvalue weighted by atomic mass is 10.4. The Kier molecular flexibility index (Phi) is 7.72. The Hall–Kier alpha value is -0.330. The molecule has 0 aliphatic carbocycles. The van der Waals surface area contributed by atoms with Crippen molar-refractivity contribution in [1.82, 2.24) is 5.32 Å². The quantitative estimate of drug-likeness (QED) is 0.641. The summed E-state index contributed by atoms with van der Waals surface area (Å²) >= 11 is 0. The van der Waals surface area contributed by atoms with Gasteiger partial charge in [0.25, 0.3) is 0 Å². The number of hydrogen-bond donors (Lipinski definition) is 1. The number of rotatable bonds is 8. The molecular weight excluding hydrogens is 211 g/mol. The van der Waals surface area contributed by atoms with Crippen LogP contribution in [0.4, 0.5) is 13.2 Å². The molecule has 0 spiro atoms. The van der Waals surface area contributed by atoms with Gasteiger partial charge < -0.3 is 14.8 Å². The Bertz CT molecular complexity index is 153. The highest BCUT2D eigenvalue weighted by atomic mass is 19.4. The van der Waals surface area contributed by atoms with Crippen molar-refractivity contribution in [2.45, 2.75) is 26.1 Å². The van der Waals surface area contributed by atoms with E-state index in [2.05, 4.69) is 5.32 Å². The van der Waals surface area contributed by atoms with Crippen molar-refractivity contribution in [2.24, 2.45) is 0 Å². The van der Waals surface area contributed by atoms with Gasteiger partial charge >= 0.3 is 6.18 Å². The van der Waals surface area contributed by atoms with Crippen molar-refractivity contribution in [1.29, 1.82) is 0 Å². The van der Waals surface area contributed by atoms with E-state index in [1.807, 2.05) is 13.8 Å². The summed E-state index contributed by atoms with van der Waals surface area (Å²) in [5.74, 6) is 0. The van der Waals surface area contributed by atoms with Gasteiger partial charge in [0.05, 0.1) is 25.9 Å². The molecule has 3 nitrogen and oxygen atoms in total. The first-order valence-electron chi connectivity index (χ1n) is 4.92. The zero-order valence-corrected chi connectivity index (χ0v) is 9.06. The van der Waals surface area contributed by atoms with E-state index in [1.54, 1.807) is 0 Å². The fourth-order valence-corrected chi connectivity index (χ4v) is 0.894. The largest absolute Gasteiger partial charge is 0.401 e. The normalized spacial score (nSPS) is 14.2. The third kappa shape index (κ3) is 11.6. The summed E-state index contributed by atoms with van der Waals surface area (Å²) in [7, 11) is 0. The average Bonchev–Trinajstić information content (AvgIpc) is 2.12. The molecule has 0 aromatic carbocycles. The molecule has 15 heavy (non-hydrogen) atoms. The second-order valence-corrected chi connectivity index (χ2v) is 3.13. The fourth-order valence-electron chi connectivity index (χ4n) is 0.894. The summed E-state index contributed by atoms with van der Waals surface area (Å²) in [6.45, 7) is 4.24. The number of alkyl halides is 3. The minimum atomic E-state index is -4.16. The van der Waals surface area contributed by atoms with Gasteiger partial charge in [-0.15, -0.1) is 0 Å². The highest BCUT2D eigenvalue weighted by Gasteiger charge is 2.25. The van der Waals surface area contributed by atoms with Crippen LogP contribution in [0.1, 0.15) is 13.8 Å². The first kappa shape index (κ1) is 14.7. The van der Waals surface area contributed by atoms with Gasteiger partial charge in [0, 0.05) is 13.2 Å². The Morgan fingerprint density at radius 1 is 1.33 bits per heavy atom. The fraction of sp³-hybridized carbons (Fsp3) is 1.00. The summed E-state index contributed by atoms with van der Waals surface area (Å²) in [5, 5.41) is 2.25. The molecule has 0 aliphatic rings. The molecule has 0 saturated carbocycles. The molecule has 0 bridgehead atoms. The molecule has 0 aromatic rings. The number of ether oxygens (including phenoxy) is 2. The van der Waals surface area contributed by atoms with Gasteiger partial charge in [-0.05, 0) is 13.8 Å². The van der Waals surface area contributed by atoms with Gasteiger partial charge in [-0.25, -0.2) is 0 Å². The van der Waals surface area contributed by atoms with E-state index < -0.39 is 12.7 Å². The highest BCUT2D eigenvalue weighted by molar-refractivity contribution is 4.55. The molecule has 0 aliphatic heterocycles. The van der Waals surface area contributed by atoms with Crippen LogP contribution in [-0.2, 0) is 9.47 Å². The van der Waals surface area contributed by atoms with E-state index in [9.17, 15) is 13.2 Å². The van der Waals surface area contributed by atoms with Crippen molar-refractivity contribution in [3.8, 4) is 0 Å². The SMILES string of the molecule is CCOCC(C)OCCNCC(F)(F)F.